The van der Waals surface area contributed by atoms with E-state index in [9.17, 15) is 4.79 Å². The summed E-state index contributed by atoms with van der Waals surface area (Å²) in [6.45, 7) is 4.07. The molecule has 20 heavy (non-hydrogen) atoms. The number of hydrogen-bond acceptors (Lipinski definition) is 4. The highest BCUT2D eigenvalue weighted by Gasteiger charge is 2.29. The van der Waals surface area contributed by atoms with Gasteiger partial charge in [-0.05, 0) is 38.3 Å². The smallest absolute Gasteiger partial charge is 0.358 e. The molecule has 0 atom stereocenters. The van der Waals surface area contributed by atoms with Crippen LogP contribution in [0.1, 0.15) is 36.3 Å². The topological polar surface area (TPSA) is 72.6 Å². The fourth-order valence-corrected chi connectivity index (χ4v) is 2.36. The fraction of sp³-hybridized carbons (Fsp3) is 0.333. The van der Waals surface area contributed by atoms with Gasteiger partial charge in [-0.1, -0.05) is 17.3 Å². The van der Waals surface area contributed by atoms with E-state index in [1.54, 1.807) is 0 Å². The molecule has 0 spiro atoms. The van der Waals surface area contributed by atoms with E-state index in [1.807, 2.05) is 32.0 Å². The van der Waals surface area contributed by atoms with E-state index in [0.717, 1.165) is 29.7 Å². The Morgan fingerprint density at radius 2 is 2.20 bits per heavy atom. The van der Waals surface area contributed by atoms with Crippen molar-refractivity contribution in [3.63, 3.8) is 0 Å². The van der Waals surface area contributed by atoms with Crippen LogP contribution in [0, 0.1) is 0 Å². The van der Waals surface area contributed by atoms with E-state index in [-0.39, 0.29) is 11.3 Å². The van der Waals surface area contributed by atoms with E-state index in [1.165, 1.54) is 6.07 Å². The number of ether oxygens (including phenoxy) is 1. The van der Waals surface area contributed by atoms with Gasteiger partial charge in [0.2, 0.25) is 0 Å². The zero-order chi connectivity index (χ0) is 14.3. The first kappa shape index (κ1) is 12.7. The molecular formula is C15H15NO4. The number of hydrogen-bond donors (Lipinski definition) is 1. The number of fused-ring (bicyclic) bond motifs is 1. The average molecular weight is 273 g/mol. The molecule has 5 nitrogen and oxygen atoms in total. The van der Waals surface area contributed by atoms with Crippen molar-refractivity contribution in [2.75, 3.05) is 0 Å². The van der Waals surface area contributed by atoms with Gasteiger partial charge in [-0.25, -0.2) is 4.79 Å². The van der Waals surface area contributed by atoms with Gasteiger partial charge in [-0.15, -0.1) is 0 Å². The largest absolute Gasteiger partial charge is 0.487 e. The number of carboxylic acids is 1. The highest BCUT2D eigenvalue weighted by Crippen LogP contribution is 2.40. The van der Waals surface area contributed by atoms with Crippen molar-refractivity contribution < 1.29 is 19.2 Å². The summed E-state index contributed by atoms with van der Waals surface area (Å²) in [6, 6.07) is 7.21. The molecule has 1 aliphatic rings. The van der Waals surface area contributed by atoms with E-state index in [0.29, 0.717) is 5.76 Å². The highest BCUT2D eigenvalue weighted by atomic mass is 16.5. The number of rotatable bonds is 2. The van der Waals surface area contributed by atoms with Crippen LogP contribution in [0.3, 0.4) is 0 Å². The first-order valence-electron chi connectivity index (χ1n) is 6.47. The second-order valence-corrected chi connectivity index (χ2v) is 5.54. The predicted octanol–water partition coefficient (Wildman–Crippen LogP) is 3.14. The van der Waals surface area contributed by atoms with Gasteiger partial charge in [-0.2, -0.15) is 0 Å². The first-order chi connectivity index (χ1) is 9.46. The SMILES string of the molecule is CC1(C)CCc2cccc(-c3cc(C(=O)O)no3)c2O1. The van der Waals surface area contributed by atoms with Crippen molar-refractivity contribution in [3.8, 4) is 17.1 Å². The molecule has 1 aliphatic heterocycles. The third kappa shape index (κ3) is 2.15. The predicted molar refractivity (Wildman–Crippen MR) is 71.9 cm³/mol. The molecule has 0 saturated carbocycles. The lowest BCUT2D eigenvalue weighted by Crippen LogP contribution is -2.32. The maximum absolute atomic E-state index is 10.9. The van der Waals surface area contributed by atoms with Crippen molar-refractivity contribution in [2.24, 2.45) is 0 Å². The number of aromatic nitrogens is 1. The minimum absolute atomic E-state index is 0.104. The van der Waals surface area contributed by atoms with Gasteiger partial charge in [0.05, 0.1) is 5.56 Å². The van der Waals surface area contributed by atoms with Gasteiger partial charge in [0, 0.05) is 6.07 Å². The van der Waals surface area contributed by atoms with Crippen molar-refractivity contribution in [1.82, 2.24) is 5.16 Å². The molecule has 0 bridgehead atoms. The van der Waals surface area contributed by atoms with Crippen LogP contribution in [0.2, 0.25) is 0 Å². The van der Waals surface area contributed by atoms with E-state index in [2.05, 4.69) is 5.16 Å². The van der Waals surface area contributed by atoms with Crippen LogP contribution in [0.25, 0.3) is 11.3 Å². The minimum Gasteiger partial charge on any atom is -0.487 e. The maximum Gasteiger partial charge on any atom is 0.358 e. The highest BCUT2D eigenvalue weighted by molar-refractivity contribution is 5.86. The molecule has 5 heteroatoms. The van der Waals surface area contributed by atoms with Crippen molar-refractivity contribution in [2.45, 2.75) is 32.3 Å². The molecule has 0 amide bonds. The standard InChI is InChI=1S/C15H15NO4/c1-15(2)7-6-9-4-3-5-10(13(9)19-15)12-8-11(14(17)18)16-20-12/h3-5,8H,6-7H2,1-2H3,(H,17,18). The Labute approximate surface area is 116 Å². The van der Waals surface area contributed by atoms with Gasteiger partial charge in [0.1, 0.15) is 11.4 Å². The van der Waals surface area contributed by atoms with Crippen LogP contribution in [0.4, 0.5) is 0 Å². The molecule has 2 aromatic rings. The van der Waals surface area contributed by atoms with Crippen LogP contribution in [-0.2, 0) is 6.42 Å². The second kappa shape index (κ2) is 4.37. The number of para-hydroxylation sites is 1. The Balaban J connectivity index is 2.08. The van der Waals surface area contributed by atoms with Crippen LogP contribution in [0.5, 0.6) is 5.75 Å². The lowest BCUT2D eigenvalue weighted by atomic mass is 9.92. The summed E-state index contributed by atoms with van der Waals surface area (Å²) in [5, 5.41) is 12.5. The summed E-state index contributed by atoms with van der Waals surface area (Å²) in [5.74, 6) is 0.0693. The van der Waals surface area contributed by atoms with E-state index in [4.69, 9.17) is 14.4 Å². The summed E-state index contributed by atoms with van der Waals surface area (Å²) in [6.07, 6.45) is 1.87. The Hall–Kier alpha value is -2.30. The van der Waals surface area contributed by atoms with Gasteiger partial charge in [0.25, 0.3) is 0 Å². The quantitative estimate of drug-likeness (QED) is 0.910. The zero-order valence-corrected chi connectivity index (χ0v) is 11.3. The summed E-state index contributed by atoms with van der Waals surface area (Å²) >= 11 is 0. The molecule has 0 aliphatic carbocycles. The van der Waals surface area contributed by atoms with Gasteiger partial charge >= 0.3 is 5.97 Å². The number of benzene rings is 1. The lowest BCUT2D eigenvalue weighted by Gasteiger charge is -2.33. The van der Waals surface area contributed by atoms with Crippen molar-refractivity contribution in [1.29, 1.82) is 0 Å². The number of nitrogens with zero attached hydrogens (tertiary/aromatic N) is 1. The van der Waals surface area contributed by atoms with Gasteiger partial charge < -0.3 is 14.4 Å². The van der Waals surface area contributed by atoms with Crippen molar-refractivity contribution in [3.05, 3.63) is 35.5 Å². The molecule has 0 saturated heterocycles. The van der Waals surface area contributed by atoms with Crippen LogP contribution < -0.4 is 4.74 Å². The minimum atomic E-state index is -1.11. The molecule has 104 valence electrons. The number of aryl methyl sites for hydroxylation is 1. The molecular weight excluding hydrogens is 258 g/mol. The number of carboxylic acid groups (broad SMARTS) is 1. The molecule has 0 radical (unpaired) electrons. The van der Waals surface area contributed by atoms with E-state index < -0.39 is 5.97 Å². The lowest BCUT2D eigenvalue weighted by molar-refractivity contribution is 0.0685. The molecule has 1 aromatic carbocycles. The molecule has 3 rings (SSSR count). The Kier molecular flexibility index (Phi) is 2.78. The third-order valence-corrected chi connectivity index (χ3v) is 3.47. The monoisotopic (exact) mass is 273 g/mol. The third-order valence-electron chi connectivity index (χ3n) is 3.47. The summed E-state index contributed by atoms with van der Waals surface area (Å²) in [7, 11) is 0. The molecule has 1 N–H and O–H groups in total. The molecule has 2 heterocycles. The Morgan fingerprint density at radius 3 is 2.90 bits per heavy atom. The number of aromatic carboxylic acids is 1. The zero-order valence-electron chi connectivity index (χ0n) is 11.3. The average Bonchev–Trinajstić information content (AvgIpc) is 2.86. The van der Waals surface area contributed by atoms with E-state index >= 15 is 0 Å². The Bertz CT molecular complexity index is 672. The molecule has 1 aromatic heterocycles. The van der Waals surface area contributed by atoms with Gasteiger partial charge in [-0.3, -0.25) is 0 Å². The summed E-state index contributed by atoms with van der Waals surface area (Å²) < 4.78 is 11.2. The van der Waals surface area contributed by atoms with Crippen LogP contribution in [-0.4, -0.2) is 21.8 Å². The Morgan fingerprint density at radius 1 is 1.40 bits per heavy atom. The van der Waals surface area contributed by atoms with Gasteiger partial charge in [0.15, 0.2) is 11.5 Å². The van der Waals surface area contributed by atoms with Crippen LogP contribution >= 0.6 is 0 Å². The second-order valence-electron chi connectivity index (χ2n) is 5.54. The normalized spacial score (nSPS) is 16.3. The number of carbonyl (C=O) groups is 1. The maximum atomic E-state index is 10.9. The molecule has 0 fully saturated rings. The molecule has 0 unspecified atom stereocenters. The summed E-state index contributed by atoms with van der Waals surface area (Å²) in [4.78, 5) is 10.9. The fourth-order valence-electron chi connectivity index (χ4n) is 2.36. The van der Waals surface area contributed by atoms with Crippen molar-refractivity contribution >= 4 is 5.97 Å². The summed E-state index contributed by atoms with van der Waals surface area (Å²) in [5.41, 5.74) is 1.51. The van der Waals surface area contributed by atoms with Crippen LogP contribution in [0.15, 0.2) is 28.8 Å². The first-order valence-corrected chi connectivity index (χ1v) is 6.47.